The summed E-state index contributed by atoms with van der Waals surface area (Å²) >= 11 is 1.87. The van der Waals surface area contributed by atoms with Crippen LogP contribution in [0, 0.1) is 0 Å². The van der Waals surface area contributed by atoms with Crippen molar-refractivity contribution in [2.45, 2.75) is 13.0 Å². The number of para-hydroxylation sites is 1. The zero-order valence-electron chi connectivity index (χ0n) is 23.7. The van der Waals surface area contributed by atoms with E-state index in [4.69, 9.17) is 4.42 Å². The van der Waals surface area contributed by atoms with Gasteiger partial charge in [0.2, 0.25) is 0 Å². The Hall–Kier alpha value is -5.06. The Kier molecular flexibility index (Phi) is 6.35. The highest BCUT2D eigenvalue weighted by atomic mass is 32.1. The minimum atomic E-state index is 0.804. The molecule has 0 bridgehead atoms. The molecule has 7 aromatic rings. The van der Waals surface area contributed by atoms with E-state index in [0.29, 0.717) is 0 Å². The van der Waals surface area contributed by atoms with E-state index in [1.165, 1.54) is 48.1 Å². The van der Waals surface area contributed by atoms with Gasteiger partial charge in [0.25, 0.3) is 0 Å². The lowest BCUT2D eigenvalue weighted by Gasteiger charge is -2.26. The highest BCUT2D eigenvalue weighted by Gasteiger charge is 2.17. The second-order valence-electron chi connectivity index (χ2n) is 11.0. The third-order valence-electron chi connectivity index (χ3n) is 8.44. The molecule has 0 radical (unpaired) electrons. The molecule has 0 atom stereocenters. The number of rotatable bonds is 7. The van der Waals surface area contributed by atoms with Crippen LogP contribution >= 0.6 is 11.3 Å². The molecule has 3 heterocycles. The molecule has 208 valence electrons. The summed E-state index contributed by atoms with van der Waals surface area (Å²) in [6, 6.07) is 37.1. The van der Waals surface area contributed by atoms with E-state index in [-0.39, 0.29) is 0 Å². The van der Waals surface area contributed by atoms with Gasteiger partial charge in [-0.3, -0.25) is 0 Å². The fraction of sp³-hybridized carbons (Fsp3) is 0.0769. The maximum atomic E-state index is 6.32. The second-order valence-corrected chi connectivity index (χ2v) is 12.1. The van der Waals surface area contributed by atoms with Crippen molar-refractivity contribution in [3.8, 4) is 0 Å². The summed E-state index contributed by atoms with van der Waals surface area (Å²) in [7, 11) is 0. The fourth-order valence-corrected chi connectivity index (χ4v) is 7.42. The van der Waals surface area contributed by atoms with E-state index >= 15 is 0 Å². The van der Waals surface area contributed by atoms with Crippen molar-refractivity contribution in [3.05, 3.63) is 145 Å². The number of allylic oxidation sites excluding steroid dienone is 2. The monoisotopic (exact) mass is 574 g/mol. The molecule has 2 aromatic heterocycles. The maximum absolute atomic E-state index is 6.32. The predicted octanol–water partition coefficient (Wildman–Crippen LogP) is 10.8. The SMILES string of the molecule is C=C/C=C(\CCN(c1ccc2c(c1)oc1ccccc12)c1ccc2sc3cc4c(cc3c2c1)CNC=C4)c1ccccc1. The molecule has 3 nitrogen and oxygen atoms in total. The number of furan rings is 1. The molecule has 0 saturated carbocycles. The summed E-state index contributed by atoms with van der Waals surface area (Å²) in [5, 5.41) is 8.28. The van der Waals surface area contributed by atoms with Crippen LogP contribution < -0.4 is 10.2 Å². The molecular weight excluding hydrogens is 545 g/mol. The Morgan fingerprint density at radius 2 is 1.58 bits per heavy atom. The highest BCUT2D eigenvalue weighted by molar-refractivity contribution is 7.25. The number of hydrogen-bond acceptors (Lipinski definition) is 4. The molecule has 0 amide bonds. The van der Waals surface area contributed by atoms with Gasteiger partial charge < -0.3 is 14.6 Å². The lowest BCUT2D eigenvalue weighted by molar-refractivity contribution is 0.669. The van der Waals surface area contributed by atoms with Crippen molar-refractivity contribution >= 4 is 76.5 Å². The molecule has 0 fully saturated rings. The minimum absolute atomic E-state index is 0.804. The molecule has 0 unspecified atom stereocenters. The van der Waals surface area contributed by atoms with Crippen LogP contribution in [0.3, 0.4) is 0 Å². The van der Waals surface area contributed by atoms with Crippen LogP contribution in [0.4, 0.5) is 11.4 Å². The zero-order chi connectivity index (χ0) is 28.8. The first-order valence-corrected chi connectivity index (χ1v) is 15.5. The highest BCUT2D eigenvalue weighted by Crippen LogP contribution is 2.41. The summed E-state index contributed by atoms with van der Waals surface area (Å²) in [6.45, 7) is 5.67. The third kappa shape index (κ3) is 4.61. The topological polar surface area (TPSA) is 28.4 Å². The van der Waals surface area contributed by atoms with Crippen LogP contribution in [0.2, 0.25) is 0 Å². The Bertz CT molecular complexity index is 2220. The second kappa shape index (κ2) is 10.6. The van der Waals surface area contributed by atoms with Gasteiger partial charge in [-0.2, -0.15) is 0 Å². The van der Waals surface area contributed by atoms with Crippen molar-refractivity contribution < 1.29 is 4.42 Å². The zero-order valence-corrected chi connectivity index (χ0v) is 24.5. The number of benzene rings is 5. The van der Waals surface area contributed by atoms with E-state index < -0.39 is 0 Å². The average molecular weight is 575 g/mol. The lowest BCUT2D eigenvalue weighted by atomic mass is 10.0. The minimum Gasteiger partial charge on any atom is -0.456 e. The summed E-state index contributed by atoms with van der Waals surface area (Å²) in [5.41, 5.74) is 9.24. The Labute approximate surface area is 254 Å². The van der Waals surface area contributed by atoms with Crippen molar-refractivity contribution in [1.82, 2.24) is 5.32 Å². The van der Waals surface area contributed by atoms with Gasteiger partial charge in [0, 0.05) is 61.5 Å². The maximum Gasteiger partial charge on any atom is 0.137 e. The van der Waals surface area contributed by atoms with Gasteiger partial charge in [0.1, 0.15) is 11.2 Å². The van der Waals surface area contributed by atoms with Crippen molar-refractivity contribution in [2.24, 2.45) is 0 Å². The van der Waals surface area contributed by atoms with Gasteiger partial charge in [0.15, 0.2) is 0 Å². The largest absolute Gasteiger partial charge is 0.456 e. The fourth-order valence-electron chi connectivity index (χ4n) is 6.31. The van der Waals surface area contributed by atoms with Crippen LogP contribution in [0.25, 0.3) is 53.8 Å². The molecule has 0 aliphatic carbocycles. The first-order valence-electron chi connectivity index (χ1n) is 14.7. The molecule has 8 rings (SSSR count). The Balaban J connectivity index is 1.25. The summed E-state index contributed by atoms with van der Waals surface area (Å²) < 4.78 is 8.95. The third-order valence-corrected chi connectivity index (χ3v) is 9.58. The molecule has 5 aromatic carbocycles. The molecule has 0 saturated heterocycles. The van der Waals surface area contributed by atoms with Crippen LogP contribution in [0.15, 0.2) is 132 Å². The number of nitrogens with zero attached hydrogens (tertiary/aromatic N) is 1. The number of anilines is 2. The first kappa shape index (κ1) is 25.6. The molecule has 1 aliphatic heterocycles. The van der Waals surface area contributed by atoms with Gasteiger partial charge >= 0.3 is 0 Å². The Morgan fingerprint density at radius 1 is 0.791 bits per heavy atom. The Morgan fingerprint density at radius 3 is 2.49 bits per heavy atom. The number of hydrogen-bond donors (Lipinski definition) is 1. The molecule has 0 spiro atoms. The van der Waals surface area contributed by atoms with E-state index in [0.717, 1.165) is 47.1 Å². The standard InChI is InChI=1S/C39H30N2OS/c1-2-8-26(27-9-4-3-5-10-27)18-20-41(31-13-15-33-32-11-6-7-12-36(32)42-37(33)24-31)30-14-16-38-35(23-30)34-21-29-25-40-19-17-28(29)22-39(34)43-38/h2-17,19,21-24,40H,1,18,20,25H2/b26-8+. The van der Waals surface area contributed by atoms with Gasteiger partial charge in [-0.25, -0.2) is 0 Å². The van der Waals surface area contributed by atoms with Crippen LogP contribution in [-0.2, 0) is 6.54 Å². The van der Waals surface area contributed by atoms with Gasteiger partial charge in [0.05, 0.1) is 0 Å². The van der Waals surface area contributed by atoms with E-state index in [2.05, 4.69) is 120 Å². The molecular formula is C39H30N2OS. The van der Waals surface area contributed by atoms with Crippen molar-refractivity contribution in [3.63, 3.8) is 0 Å². The molecule has 1 aliphatic rings. The number of fused-ring (bicyclic) bond motifs is 7. The lowest BCUT2D eigenvalue weighted by Crippen LogP contribution is -2.18. The van der Waals surface area contributed by atoms with E-state index in [9.17, 15) is 0 Å². The smallest absolute Gasteiger partial charge is 0.137 e. The van der Waals surface area contributed by atoms with E-state index in [1.54, 1.807) is 0 Å². The van der Waals surface area contributed by atoms with Crippen LogP contribution in [0.5, 0.6) is 0 Å². The predicted molar refractivity (Wildman–Crippen MR) is 185 cm³/mol. The number of thiophene rings is 1. The van der Waals surface area contributed by atoms with Crippen molar-refractivity contribution in [1.29, 1.82) is 0 Å². The van der Waals surface area contributed by atoms with Gasteiger partial charge in [-0.1, -0.05) is 67.3 Å². The number of nitrogens with one attached hydrogen (secondary N) is 1. The van der Waals surface area contributed by atoms with Gasteiger partial charge in [-0.05, 0) is 89.5 Å². The normalized spacial score (nSPS) is 13.1. The summed E-state index contributed by atoms with van der Waals surface area (Å²) in [4.78, 5) is 2.43. The van der Waals surface area contributed by atoms with Crippen molar-refractivity contribution in [2.75, 3.05) is 11.4 Å². The summed E-state index contributed by atoms with van der Waals surface area (Å²) in [6.07, 6.45) is 9.10. The van der Waals surface area contributed by atoms with E-state index in [1.807, 2.05) is 35.7 Å². The average Bonchev–Trinajstić information content (AvgIpc) is 3.60. The quantitative estimate of drug-likeness (QED) is 0.192. The van der Waals surface area contributed by atoms with Gasteiger partial charge in [-0.15, -0.1) is 11.3 Å². The van der Waals surface area contributed by atoms with Crippen LogP contribution in [0.1, 0.15) is 23.1 Å². The van der Waals surface area contributed by atoms with Crippen LogP contribution in [-0.4, -0.2) is 6.54 Å². The molecule has 43 heavy (non-hydrogen) atoms. The summed E-state index contributed by atoms with van der Waals surface area (Å²) in [5.74, 6) is 0. The molecule has 1 N–H and O–H groups in total. The molecule has 4 heteroatoms. The first-order chi connectivity index (χ1) is 21.2.